The Labute approximate surface area is 130 Å². The summed E-state index contributed by atoms with van der Waals surface area (Å²) < 4.78 is 9.79. The summed E-state index contributed by atoms with van der Waals surface area (Å²) in [4.78, 5) is 0. The first kappa shape index (κ1) is 15.8. The van der Waals surface area contributed by atoms with Crippen LogP contribution < -0.4 is 10.1 Å². The molecule has 0 aliphatic carbocycles. The first-order valence-electron chi connectivity index (χ1n) is 7.29. The lowest BCUT2D eigenvalue weighted by molar-refractivity contribution is 0.301. The van der Waals surface area contributed by atoms with E-state index in [1.54, 1.807) is 0 Å². The van der Waals surface area contributed by atoms with E-state index in [1.165, 1.54) is 17.1 Å². The molecule has 0 saturated carbocycles. The van der Waals surface area contributed by atoms with Crippen LogP contribution in [0.5, 0.6) is 5.75 Å². The fourth-order valence-electron chi connectivity index (χ4n) is 1.88. The van der Waals surface area contributed by atoms with Gasteiger partial charge in [0.05, 0.1) is 0 Å². The third-order valence-electron chi connectivity index (χ3n) is 3.19. The van der Waals surface area contributed by atoms with Gasteiger partial charge in [0.2, 0.25) is 0 Å². The van der Waals surface area contributed by atoms with E-state index in [1.807, 2.05) is 12.1 Å². The van der Waals surface area contributed by atoms with Gasteiger partial charge in [-0.1, -0.05) is 44.3 Å². The average molecular weight is 305 g/mol. The van der Waals surface area contributed by atoms with E-state index in [4.69, 9.17) is 4.74 Å². The summed E-state index contributed by atoms with van der Waals surface area (Å²) in [5.41, 5.74) is 2.33. The van der Waals surface area contributed by atoms with Gasteiger partial charge in [-0.15, -0.1) is 5.10 Å². The molecule has 1 aromatic carbocycles. The van der Waals surface area contributed by atoms with Crippen LogP contribution >= 0.6 is 11.5 Å². The molecule has 1 aromatic heterocycles. The van der Waals surface area contributed by atoms with E-state index >= 15 is 0 Å². The third-order valence-corrected chi connectivity index (χ3v) is 3.91. The summed E-state index contributed by atoms with van der Waals surface area (Å²) in [6.07, 6.45) is 1.08. The van der Waals surface area contributed by atoms with Gasteiger partial charge in [0, 0.05) is 18.1 Å². The van der Waals surface area contributed by atoms with Crippen molar-refractivity contribution >= 4 is 16.5 Å². The van der Waals surface area contributed by atoms with Crippen molar-refractivity contribution in [1.29, 1.82) is 0 Å². The number of nitrogens with zero attached hydrogens (tertiary/aromatic N) is 2. The molecule has 21 heavy (non-hydrogen) atoms. The molecule has 0 saturated heterocycles. The maximum absolute atomic E-state index is 5.80. The second-order valence-electron chi connectivity index (χ2n) is 6.04. The molecule has 0 radical (unpaired) electrons. The summed E-state index contributed by atoms with van der Waals surface area (Å²) in [7, 11) is 0. The second kappa shape index (κ2) is 6.89. The summed E-state index contributed by atoms with van der Waals surface area (Å²) in [5, 5.41) is 8.45. The molecule has 1 N–H and O–H groups in total. The van der Waals surface area contributed by atoms with Crippen LogP contribution in [-0.2, 0) is 12.0 Å². The maximum Gasteiger partial charge on any atom is 0.136 e. The highest BCUT2D eigenvalue weighted by molar-refractivity contribution is 7.10. The lowest BCUT2D eigenvalue weighted by atomic mass is 9.87. The number of hydrogen-bond donors (Lipinski definition) is 1. The molecular weight excluding hydrogens is 282 g/mol. The van der Waals surface area contributed by atoms with Crippen molar-refractivity contribution < 1.29 is 4.74 Å². The standard InChI is InChI=1S/C16H23N3OS/c1-5-10-17-15-14(18-19-21-15)11-20-13-8-6-12(7-9-13)16(2,3)4/h6-9,17H,5,10-11H2,1-4H3. The van der Waals surface area contributed by atoms with Crippen molar-refractivity contribution in [2.45, 2.75) is 46.1 Å². The Morgan fingerprint density at radius 3 is 2.52 bits per heavy atom. The van der Waals surface area contributed by atoms with Gasteiger partial charge in [-0.2, -0.15) is 0 Å². The average Bonchev–Trinajstić information content (AvgIpc) is 2.90. The monoisotopic (exact) mass is 305 g/mol. The van der Waals surface area contributed by atoms with Gasteiger partial charge in [0.15, 0.2) is 0 Å². The van der Waals surface area contributed by atoms with Gasteiger partial charge in [0.25, 0.3) is 0 Å². The molecule has 0 amide bonds. The van der Waals surface area contributed by atoms with Crippen molar-refractivity contribution in [3.8, 4) is 5.75 Å². The molecule has 2 aromatic rings. The Kier molecular flexibility index (Phi) is 5.17. The molecule has 0 aliphatic rings. The van der Waals surface area contributed by atoms with E-state index < -0.39 is 0 Å². The molecule has 0 spiro atoms. The number of aromatic nitrogens is 2. The van der Waals surface area contributed by atoms with Crippen LogP contribution in [0.25, 0.3) is 0 Å². The fraction of sp³-hybridized carbons (Fsp3) is 0.500. The topological polar surface area (TPSA) is 47.0 Å². The third kappa shape index (κ3) is 4.43. The van der Waals surface area contributed by atoms with Gasteiger partial charge >= 0.3 is 0 Å². The molecule has 0 atom stereocenters. The van der Waals surface area contributed by atoms with Crippen LogP contribution in [0.2, 0.25) is 0 Å². The van der Waals surface area contributed by atoms with E-state index in [-0.39, 0.29) is 5.41 Å². The van der Waals surface area contributed by atoms with Crippen LogP contribution in [0.15, 0.2) is 24.3 Å². The smallest absolute Gasteiger partial charge is 0.136 e. The highest BCUT2D eigenvalue weighted by Gasteiger charge is 2.13. The Balaban J connectivity index is 1.95. The first-order chi connectivity index (χ1) is 10.0. The van der Waals surface area contributed by atoms with Crippen LogP contribution in [-0.4, -0.2) is 16.1 Å². The number of ether oxygens (including phenoxy) is 1. The van der Waals surface area contributed by atoms with Crippen molar-refractivity contribution in [3.63, 3.8) is 0 Å². The molecular formula is C16H23N3OS. The zero-order chi connectivity index (χ0) is 15.3. The van der Waals surface area contributed by atoms with Crippen LogP contribution in [0.4, 0.5) is 5.00 Å². The molecule has 2 rings (SSSR count). The SMILES string of the molecule is CCCNc1snnc1COc1ccc(C(C)(C)C)cc1. The van der Waals surface area contributed by atoms with Gasteiger partial charge in [-0.25, -0.2) is 0 Å². The minimum Gasteiger partial charge on any atom is -0.487 e. The Morgan fingerprint density at radius 1 is 1.19 bits per heavy atom. The van der Waals surface area contributed by atoms with Gasteiger partial charge in [-0.3, -0.25) is 0 Å². The van der Waals surface area contributed by atoms with Gasteiger partial charge < -0.3 is 10.1 Å². The number of nitrogens with one attached hydrogen (secondary N) is 1. The van der Waals surface area contributed by atoms with Gasteiger partial charge in [-0.05, 0) is 29.5 Å². The summed E-state index contributed by atoms with van der Waals surface area (Å²) in [6, 6.07) is 8.26. The lowest BCUT2D eigenvalue weighted by Gasteiger charge is -2.19. The first-order valence-corrected chi connectivity index (χ1v) is 8.06. The van der Waals surface area contributed by atoms with E-state index in [9.17, 15) is 0 Å². The second-order valence-corrected chi connectivity index (χ2v) is 6.79. The molecule has 0 unspecified atom stereocenters. The van der Waals surface area contributed by atoms with Crippen molar-refractivity contribution in [1.82, 2.24) is 9.59 Å². The molecule has 0 fully saturated rings. The lowest BCUT2D eigenvalue weighted by Crippen LogP contribution is -2.10. The predicted octanol–water partition coefficient (Wildman–Crippen LogP) is 4.24. The Hall–Kier alpha value is -1.62. The minimum atomic E-state index is 0.161. The number of rotatable bonds is 6. The van der Waals surface area contributed by atoms with E-state index in [2.05, 4.69) is 54.7 Å². The summed E-state index contributed by atoms with van der Waals surface area (Å²) in [6.45, 7) is 10.1. The highest BCUT2D eigenvalue weighted by Crippen LogP contribution is 2.25. The zero-order valence-corrected chi connectivity index (χ0v) is 14.0. The van der Waals surface area contributed by atoms with Crippen molar-refractivity contribution in [3.05, 3.63) is 35.5 Å². The highest BCUT2D eigenvalue weighted by atomic mass is 32.1. The Morgan fingerprint density at radius 2 is 1.90 bits per heavy atom. The Bertz CT molecular complexity index is 558. The van der Waals surface area contributed by atoms with Crippen molar-refractivity contribution in [2.75, 3.05) is 11.9 Å². The maximum atomic E-state index is 5.80. The molecule has 5 heteroatoms. The van der Waals surface area contributed by atoms with Crippen LogP contribution in [0.3, 0.4) is 0 Å². The quantitative estimate of drug-likeness (QED) is 0.867. The zero-order valence-electron chi connectivity index (χ0n) is 13.1. The molecule has 0 aliphatic heterocycles. The largest absolute Gasteiger partial charge is 0.487 e. The van der Waals surface area contributed by atoms with E-state index in [0.717, 1.165) is 29.4 Å². The fourth-order valence-corrected chi connectivity index (χ4v) is 2.47. The van der Waals surface area contributed by atoms with Gasteiger partial charge in [0.1, 0.15) is 23.1 Å². The number of benzene rings is 1. The predicted molar refractivity (Wildman–Crippen MR) is 88.2 cm³/mol. The molecule has 4 nitrogen and oxygen atoms in total. The normalized spacial score (nSPS) is 11.4. The molecule has 1 heterocycles. The molecule has 0 bridgehead atoms. The minimum absolute atomic E-state index is 0.161. The van der Waals surface area contributed by atoms with E-state index in [0.29, 0.717) is 6.61 Å². The number of hydrogen-bond acceptors (Lipinski definition) is 5. The van der Waals surface area contributed by atoms with Crippen LogP contribution in [0, 0.1) is 0 Å². The summed E-state index contributed by atoms with van der Waals surface area (Å²) in [5.74, 6) is 0.859. The number of anilines is 1. The molecule has 114 valence electrons. The van der Waals surface area contributed by atoms with Crippen molar-refractivity contribution in [2.24, 2.45) is 0 Å². The summed E-state index contributed by atoms with van der Waals surface area (Å²) >= 11 is 1.38. The van der Waals surface area contributed by atoms with Crippen LogP contribution in [0.1, 0.15) is 45.4 Å².